The van der Waals surface area contributed by atoms with Crippen LogP contribution in [0.3, 0.4) is 0 Å². The zero-order chi connectivity index (χ0) is 49.3. The minimum absolute atomic E-state index is 2.89. The fourth-order valence-corrected chi connectivity index (χ4v) is 16.4. The van der Waals surface area contributed by atoms with E-state index in [1.54, 1.807) is 0 Å². The third-order valence-corrected chi connectivity index (χ3v) is 33.8. The zero-order valence-corrected chi connectivity index (χ0v) is 53.4. The van der Waals surface area contributed by atoms with Gasteiger partial charge >= 0.3 is 0 Å². The number of halogens is 37. The number of hydrogen-bond acceptors (Lipinski definition) is 3. The van der Waals surface area contributed by atoms with Crippen LogP contribution in [0.4, 0.5) is 0 Å². The first-order valence-corrected chi connectivity index (χ1v) is 26.9. The van der Waals surface area contributed by atoms with Crippen molar-refractivity contribution in [3.63, 3.8) is 0 Å². The minimum Gasteiger partial charge on any atom is -0.750 e. The van der Waals surface area contributed by atoms with Gasteiger partial charge in [-0.1, -0.05) is 429 Å². The SMILES string of the molecule is O=S([O-])OC(Cl)(Cl)C(Cl)(Cl)C(Cl)(Cl)C(Cl)(Cl)C(Cl)(Cl)C(Cl)(Cl)C(Cl)(Cl)C(Cl)(Cl)C(Cl)(Cl)C(Cl)(Cl)C(Cl)(Cl)C(Cl)(Cl)C(Cl)(Cl)C(Cl)(Cl)C(Cl)(Cl)C(Cl)(Cl)C(Cl)(Cl)C(Cl)(Cl)Cl. The number of hydrogen-bond donors (Lipinski definition) is 0. The van der Waals surface area contributed by atoms with Gasteiger partial charge < -0.3 is 4.55 Å². The average molecular weight is 1610 g/mol. The van der Waals surface area contributed by atoms with Crippen LogP contribution in [0.1, 0.15) is 0 Å². The van der Waals surface area contributed by atoms with Gasteiger partial charge in [-0.3, -0.25) is 4.18 Å². The fraction of sp³-hybridized carbons (Fsp3) is 1.00. The largest absolute Gasteiger partial charge is 0.750 e. The summed E-state index contributed by atoms with van der Waals surface area (Å²) in [5, 5.41) is 0. The quantitative estimate of drug-likeness (QED) is 0.102. The monoisotopic (exact) mass is 1590 g/mol. The molecule has 0 saturated heterocycles. The molecule has 356 valence electrons. The molecule has 0 heterocycles. The third-order valence-electron chi connectivity index (χ3n) is 6.81. The van der Waals surface area contributed by atoms with E-state index in [0.717, 1.165) is 0 Å². The van der Waals surface area contributed by atoms with Crippen molar-refractivity contribution >= 4 is 441 Å². The van der Waals surface area contributed by atoms with Crippen LogP contribution in [0, 0.1) is 0 Å². The lowest BCUT2D eigenvalue weighted by Crippen LogP contribution is -2.76. The van der Waals surface area contributed by atoms with Gasteiger partial charge in [-0.15, -0.1) is 0 Å². The van der Waals surface area contributed by atoms with E-state index in [2.05, 4.69) is 4.18 Å². The van der Waals surface area contributed by atoms with Gasteiger partial charge in [-0.25, -0.2) is 4.21 Å². The van der Waals surface area contributed by atoms with Crippen molar-refractivity contribution in [2.45, 2.75) is 77.6 Å². The average Bonchev–Trinajstić information content (AvgIpc) is 2.98. The second kappa shape index (κ2) is 21.0. The Balaban J connectivity index is 7.88. The molecule has 0 spiro atoms. The Kier molecular flexibility index (Phi) is 24.8. The Morgan fingerprint density at radius 2 is 0.356 bits per heavy atom. The van der Waals surface area contributed by atoms with Crippen molar-refractivity contribution in [2.24, 2.45) is 0 Å². The van der Waals surface area contributed by atoms with Crippen molar-refractivity contribution in [1.82, 2.24) is 0 Å². The molecule has 41 heteroatoms. The summed E-state index contributed by atoms with van der Waals surface area (Å²) < 4.78 is -37.6. The second-order valence-electron chi connectivity index (χ2n) is 10.5. The summed E-state index contributed by atoms with van der Waals surface area (Å²) in [6, 6.07) is 0. The van der Waals surface area contributed by atoms with Crippen molar-refractivity contribution < 1.29 is 12.9 Å². The van der Waals surface area contributed by atoms with E-state index in [-0.39, 0.29) is 0 Å². The summed E-state index contributed by atoms with van der Waals surface area (Å²) in [4.78, 5) is 0. The standard InChI is InChI=1S/C18HCl37O3S/c19-1(20,3(23,24)5(27,28)7(31,32)9(35,36)11(39,40)13(43,44)15(47,48)17(51,52)53)2(21,22)4(25,26)6(29,30)8(33,34)10(37,38)12(41,42)14(45,46)16(49,50)18(54,55)58-59(56)57/h(H,56,57)/p-1. The summed E-state index contributed by atoms with van der Waals surface area (Å²) in [5.74, 6) is 0. The fourth-order valence-electron chi connectivity index (χ4n) is 3.26. The van der Waals surface area contributed by atoms with Gasteiger partial charge in [0.2, 0.25) is 12.5 Å². The Bertz CT molecular complexity index is 1570. The predicted molar refractivity (Wildman–Crippen MR) is 276 cm³/mol. The number of alkyl halides is 37. The molecule has 0 fully saturated rings. The first-order chi connectivity index (χ1) is 24.7. The maximum absolute atomic E-state index is 11.2. The Labute approximate surface area is 522 Å². The molecule has 0 aliphatic carbocycles. The van der Waals surface area contributed by atoms with E-state index in [1.165, 1.54) is 0 Å². The summed E-state index contributed by atoms with van der Waals surface area (Å²) in [7, 11) is 0. The first kappa shape index (κ1) is 69.8. The molecule has 0 aliphatic heterocycles. The summed E-state index contributed by atoms with van der Waals surface area (Å²) >= 11 is 231. The van der Waals surface area contributed by atoms with E-state index < -0.39 is 89.0 Å². The maximum atomic E-state index is 11.2. The van der Waals surface area contributed by atoms with Gasteiger partial charge in [0.1, 0.15) is 0 Å². The van der Waals surface area contributed by atoms with Crippen LogP contribution in [0.15, 0.2) is 0 Å². The molecule has 0 radical (unpaired) electrons. The van der Waals surface area contributed by atoms with Crippen LogP contribution >= 0.6 is 429 Å². The molecule has 0 aromatic rings. The molecular formula is C18Cl37O3S-. The molecule has 0 N–H and O–H groups in total. The Morgan fingerprint density at radius 1 is 0.237 bits per heavy atom. The molecule has 1 unspecified atom stereocenters. The van der Waals surface area contributed by atoms with E-state index in [9.17, 15) is 8.76 Å². The minimum atomic E-state index is -3.78. The van der Waals surface area contributed by atoms with E-state index in [1.807, 2.05) is 0 Å². The molecule has 0 aromatic heterocycles. The van der Waals surface area contributed by atoms with Crippen LogP contribution in [-0.4, -0.2) is 86.4 Å². The van der Waals surface area contributed by atoms with Crippen LogP contribution in [0.25, 0.3) is 0 Å². The summed E-state index contributed by atoms with van der Waals surface area (Å²) in [6.45, 7) is 0. The highest BCUT2D eigenvalue weighted by Gasteiger charge is 2.88. The highest BCUT2D eigenvalue weighted by atomic mass is 35.6. The van der Waals surface area contributed by atoms with Gasteiger partial charge in [-0.2, -0.15) is 0 Å². The number of rotatable bonds is 18. The highest BCUT2D eigenvalue weighted by molar-refractivity contribution is 7.74. The lowest BCUT2D eigenvalue weighted by atomic mass is 9.96. The molecule has 3 nitrogen and oxygen atoms in total. The zero-order valence-electron chi connectivity index (χ0n) is 24.6. The van der Waals surface area contributed by atoms with Crippen molar-refractivity contribution in [2.75, 3.05) is 0 Å². The van der Waals surface area contributed by atoms with Gasteiger partial charge in [-0.05, 0) is 0 Å². The highest BCUT2D eigenvalue weighted by Crippen LogP contribution is 2.79. The molecule has 0 saturated carbocycles. The Hall–Kier alpha value is 10.8. The topological polar surface area (TPSA) is 49.4 Å². The molecule has 0 bridgehead atoms. The lowest BCUT2D eigenvalue weighted by Gasteiger charge is -2.59. The second-order valence-corrected chi connectivity index (χ2v) is 35.8. The Morgan fingerprint density at radius 3 is 0.475 bits per heavy atom. The van der Waals surface area contributed by atoms with Crippen LogP contribution in [-0.2, 0) is 15.5 Å². The smallest absolute Gasteiger partial charge is 0.267 e. The third kappa shape index (κ3) is 10.8. The lowest BCUT2D eigenvalue weighted by molar-refractivity contribution is 0.205. The molecule has 0 amide bonds. The van der Waals surface area contributed by atoms with Crippen molar-refractivity contribution in [3.8, 4) is 0 Å². The predicted octanol–water partition coefficient (Wildman–Crippen LogP) is 21.1. The molecule has 0 aromatic carbocycles. The van der Waals surface area contributed by atoms with Crippen molar-refractivity contribution in [1.29, 1.82) is 0 Å². The van der Waals surface area contributed by atoms with Gasteiger partial charge in [0, 0.05) is 0 Å². The first-order valence-electron chi connectivity index (χ1n) is 11.9. The summed E-state index contributed by atoms with van der Waals surface area (Å²) in [6.07, 6.45) is 0. The van der Waals surface area contributed by atoms with Crippen LogP contribution < -0.4 is 0 Å². The van der Waals surface area contributed by atoms with Crippen LogP contribution in [0.2, 0.25) is 0 Å². The molecular weight excluding hydrogens is 1610 g/mol. The summed E-state index contributed by atoms with van der Waals surface area (Å²) in [5.41, 5.74) is 0. The van der Waals surface area contributed by atoms with Gasteiger partial charge in [0.05, 0.1) is 11.4 Å². The van der Waals surface area contributed by atoms with Crippen molar-refractivity contribution in [3.05, 3.63) is 0 Å². The van der Waals surface area contributed by atoms with E-state index >= 15 is 0 Å². The molecule has 0 rings (SSSR count). The normalized spacial score (nSPS) is 17.7. The molecule has 0 aliphatic rings. The van der Waals surface area contributed by atoms with E-state index in [4.69, 9.17) is 429 Å². The van der Waals surface area contributed by atoms with E-state index in [0.29, 0.717) is 0 Å². The van der Waals surface area contributed by atoms with Gasteiger partial charge in [0.15, 0.2) is 60.7 Å². The van der Waals surface area contributed by atoms with Gasteiger partial charge in [0.25, 0.3) is 4.52 Å². The molecule has 1 atom stereocenters. The molecule has 59 heavy (non-hydrogen) atoms. The maximum Gasteiger partial charge on any atom is 0.267 e. The van der Waals surface area contributed by atoms with Crippen LogP contribution in [0.5, 0.6) is 0 Å².